The van der Waals surface area contributed by atoms with Gasteiger partial charge in [-0.15, -0.1) is 0 Å². The third-order valence-corrected chi connectivity index (χ3v) is 3.67. The van der Waals surface area contributed by atoms with Crippen LogP contribution in [-0.4, -0.2) is 59.3 Å². The zero-order valence-electron chi connectivity index (χ0n) is 10.3. The highest BCUT2D eigenvalue weighted by Crippen LogP contribution is 2.32. The van der Waals surface area contributed by atoms with Gasteiger partial charge in [-0.25, -0.2) is 9.97 Å². The van der Waals surface area contributed by atoms with Gasteiger partial charge < -0.3 is 18.6 Å². The Morgan fingerprint density at radius 2 is 2.35 bits per heavy atom. The van der Waals surface area contributed by atoms with Gasteiger partial charge in [0.05, 0.1) is 31.5 Å². The van der Waals surface area contributed by atoms with E-state index in [1.807, 2.05) is 0 Å². The predicted molar refractivity (Wildman–Crippen MR) is 69.0 cm³/mol. The van der Waals surface area contributed by atoms with E-state index in [-0.39, 0.29) is 23.3 Å². The number of nitrogens with zero attached hydrogens (tertiary/aromatic N) is 3. The minimum absolute atomic E-state index is 0.127. The average molecular weight is 306 g/mol. The quantitative estimate of drug-likeness (QED) is 0.727. The normalized spacial score (nSPS) is 26.4. The highest BCUT2D eigenvalue weighted by molar-refractivity contribution is 5.98. The highest BCUT2D eigenvalue weighted by atomic mass is 28.2. The molecule has 2 aromatic rings. The van der Waals surface area contributed by atoms with Crippen LogP contribution >= 0.6 is 0 Å². The predicted octanol–water partition coefficient (Wildman–Crippen LogP) is -1.02. The number of imidazole rings is 1. The smallest absolute Gasteiger partial charge is 0.278 e. The van der Waals surface area contributed by atoms with Crippen LogP contribution in [-0.2, 0) is 13.6 Å². The van der Waals surface area contributed by atoms with Gasteiger partial charge in [-0.1, -0.05) is 0 Å². The Morgan fingerprint density at radius 1 is 1.50 bits per heavy atom. The summed E-state index contributed by atoms with van der Waals surface area (Å²) < 4.78 is 17.7. The summed E-state index contributed by atoms with van der Waals surface area (Å²) in [6, 6.07) is 0. The molecule has 1 N–H and O–H groups in total. The Hall–Kier alpha value is -1.34. The van der Waals surface area contributed by atoms with Crippen LogP contribution in [0.1, 0.15) is 12.6 Å². The van der Waals surface area contributed by atoms with Gasteiger partial charge >= 0.3 is 0 Å². The van der Waals surface area contributed by atoms with Crippen molar-refractivity contribution in [2.75, 3.05) is 6.61 Å². The van der Waals surface area contributed by atoms with Crippen molar-refractivity contribution >= 4 is 32.1 Å². The van der Waals surface area contributed by atoms with Crippen LogP contribution in [0.3, 0.4) is 0 Å². The average Bonchev–Trinajstić information content (AvgIpc) is 3.03. The van der Waals surface area contributed by atoms with Crippen LogP contribution in [0.2, 0.25) is 0 Å². The number of ether oxygens (including phenoxy) is 1. The van der Waals surface area contributed by atoms with E-state index in [0.29, 0.717) is 18.7 Å². The van der Waals surface area contributed by atoms with Crippen molar-refractivity contribution in [3.05, 3.63) is 23.0 Å². The second-order valence-electron chi connectivity index (χ2n) is 4.41. The summed E-state index contributed by atoms with van der Waals surface area (Å²) in [7, 11) is 6.01. The fourth-order valence-corrected chi connectivity index (χ4v) is 2.71. The van der Waals surface area contributed by atoms with Crippen molar-refractivity contribution in [2.24, 2.45) is 0 Å². The molecule has 0 bridgehead atoms. The lowest BCUT2D eigenvalue weighted by molar-refractivity contribution is -0.0387. The monoisotopic (exact) mass is 306 g/mol. The van der Waals surface area contributed by atoms with Crippen molar-refractivity contribution in [1.82, 2.24) is 19.5 Å². The van der Waals surface area contributed by atoms with Crippen LogP contribution in [0.15, 0.2) is 17.4 Å². The summed E-state index contributed by atoms with van der Waals surface area (Å²) in [5.41, 5.74) is 0.429. The standard InChI is InChI=1S/C10H10N4O4Si2/c15-9-7-8(11-3-12-9)14(4-13-7)10-6(18-20)1-5(17-10)2-16-19/h3-6,10H,1-2H2,(H,11,12,15)/t5-,6+,10+/m0/s1. The fourth-order valence-electron chi connectivity index (χ4n) is 2.32. The topological polar surface area (TPSA) is 91.3 Å². The van der Waals surface area contributed by atoms with Crippen LogP contribution < -0.4 is 5.56 Å². The second kappa shape index (κ2) is 5.57. The molecule has 10 heteroatoms. The van der Waals surface area contributed by atoms with E-state index in [1.54, 1.807) is 4.57 Å². The van der Waals surface area contributed by atoms with E-state index in [2.05, 4.69) is 35.9 Å². The number of rotatable bonds is 4. The molecular formula is C10H10N4O4Si2. The zero-order chi connectivity index (χ0) is 14.1. The van der Waals surface area contributed by atoms with Gasteiger partial charge in [-0.2, -0.15) is 0 Å². The SMILES string of the molecule is O=c1[nH]cnc2c1ncn2[C@@H]1O[C@H](CO[Si])C[C@H]1O[Si]. The molecule has 0 unspecified atom stereocenters. The van der Waals surface area contributed by atoms with Crippen molar-refractivity contribution in [2.45, 2.75) is 24.9 Å². The maximum atomic E-state index is 11.6. The third kappa shape index (κ3) is 2.25. The van der Waals surface area contributed by atoms with Gasteiger partial charge in [-0.3, -0.25) is 9.36 Å². The molecule has 1 fully saturated rings. The van der Waals surface area contributed by atoms with Crippen LogP contribution in [0, 0.1) is 0 Å². The largest absolute Gasteiger partial charge is 0.416 e. The molecule has 3 rings (SSSR count). The Kier molecular flexibility index (Phi) is 3.80. The Bertz CT molecular complexity index is 660. The lowest BCUT2D eigenvalue weighted by Gasteiger charge is -2.19. The molecule has 1 aliphatic heterocycles. The van der Waals surface area contributed by atoms with Crippen molar-refractivity contribution in [3.63, 3.8) is 0 Å². The van der Waals surface area contributed by atoms with Crippen LogP contribution in [0.25, 0.3) is 11.2 Å². The molecule has 0 saturated carbocycles. The number of aromatic amines is 1. The molecular weight excluding hydrogens is 296 g/mol. The molecule has 3 heterocycles. The molecule has 0 amide bonds. The van der Waals surface area contributed by atoms with E-state index in [0.717, 1.165) is 0 Å². The molecule has 0 aromatic carbocycles. The number of nitrogens with one attached hydrogen (secondary N) is 1. The van der Waals surface area contributed by atoms with Crippen molar-refractivity contribution in [1.29, 1.82) is 0 Å². The lowest BCUT2D eigenvalue weighted by Crippen LogP contribution is -2.22. The molecule has 2 aromatic heterocycles. The van der Waals surface area contributed by atoms with Crippen LogP contribution in [0.5, 0.6) is 0 Å². The van der Waals surface area contributed by atoms with Crippen molar-refractivity contribution < 1.29 is 13.6 Å². The molecule has 8 nitrogen and oxygen atoms in total. The maximum absolute atomic E-state index is 11.6. The number of H-pyrrole nitrogens is 1. The first-order valence-corrected chi connectivity index (χ1v) is 6.73. The number of fused-ring (bicyclic) bond motifs is 1. The van der Waals surface area contributed by atoms with Gasteiger partial charge in [0, 0.05) is 6.42 Å². The third-order valence-electron chi connectivity index (χ3n) is 3.21. The Balaban J connectivity index is 1.97. The fraction of sp³-hybridized carbons (Fsp3) is 0.500. The van der Waals surface area contributed by atoms with E-state index < -0.39 is 6.23 Å². The summed E-state index contributed by atoms with van der Waals surface area (Å²) in [4.78, 5) is 22.3. The van der Waals surface area contributed by atoms with Gasteiger partial charge in [0.1, 0.15) is 0 Å². The summed E-state index contributed by atoms with van der Waals surface area (Å²) in [5, 5.41) is 0. The lowest BCUT2D eigenvalue weighted by atomic mass is 10.2. The Morgan fingerprint density at radius 3 is 3.10 bits per heavy atom. The molecule has 0 aliphatic carbocycles. The van der Waals surface area contributed by atoms with Gasteiger partial charge in [0.25, 0.3) is 5.56 Å². The molecule has 1 saturated heterocycles. The maximum Gasteiger partial charge on any atom is 0.278 e. The molecule has 6 radical (unpaired) electrons. The second-order valence-corrected chi connectivity index (χ2v) is 4.93. The van der Waals surface area contributed by atoms with Gasteiger partial charge in [0.15, 0.2) is 17.4 Å². The summed E-state index contributed by atoms with van der Waals surface area (Å²) in [6.07, 6.45) is 2.70. The first kappa shape index (κ1) is 13.6. The molecule has 1 aliphatic rings. The van der Waals surface area contributed by atoms with E-state index >= 15 is 0 Å². The number of aromatic nitrogens is 4. The van der Waals surface area contributed by atoms with Crippen LogP contribution in [0.4, 0.5) is 0 Å². The minimum Gasteiger partial charge on any atom is -0.416 e. The van der Waals surface area contributed by atoms with Gasteiger partial charge in [0.2, 0.25) is 21.0 Å². The summed E-state index contributed by atoms with van der Waals surface area (Å²) in [6.45, 7) is 0.389. The molecule has 20 heavy (non-hydrogen) atoms. The number of hydrogen-bond acceptors (Lipinski definition) is 6. The first-order valence-electron chi connectivity index (χ1n) is 5.91. The Labute approximate surface area is 120 Å². The zero-order valence-corrected chi connectivity index (χ0v) is 12.3. The number of hydrogen-bond donors (Lipinski definition) is 1. The molecule has 3 atom stereocenters. The molecule has 0 spiro atoms. The van der Waals surface area contributed by atoms with E-state index in [4.69, 9.17) is 13.6 Å². The van der Waals surface area contributed by atoms with Crippen molar-refractivity contribution in [3.8, 4) is 0 Å². The minimum atomic E-state index is -0.432. The summed E-state index contributed by atoms with van der Waals surface area (Å²) >= 11 is 0. The highest BCUT2D eigenvalue weighted by Gasteiger charge is 2.37. The first-order chi connectivity index (χ1) is 9.74. The molecule has 102 valence electrons. The van der Waals surface area contributed by atoms with E-state index in [1.165, 1.54) is 12.7 Å². The van der Waals surface area contributed by atoms with Gasteiger partial charge in [-0.05, 0) is 0 Å². The van der Waals surface area contributed by atoms with E-state index in [9.17, 15) is 4.79 Å². The summed E-state index contributed by atoms with van der Waals surface area (Å²) in [5.74, 6) is 0.